The second-order valence-electron chi connectivity index (χ2n) is 5.01. The van der Waals surface area contributed by atoms with Gasteiger partial charge >= 0.3 is 0 Å². The molecule has 1 fully saturated rings. The quantitative estimate of drug-likeness (QED) is 0.785. The van der Waals surface area contributed by atoms with E-state index in [-0.39, 0.29) is 0 Å². The predicted octanol–water partition coefficient (Wildman–Crippen LogP) is 1.52. The van der Waals surface area contributed by atoms with Crippen LogP contribution in [0.25, 0.3) is 0 Å². The number of rotatable bonds is 4. The lowest BCUT2D eigenvalue weighted by atomic mass is 9.96. The summed E-state index contributed by atoms with van der Waals surface area (Å²) in [5, 5.41) is 9.51. The molecule has 3 heterocycles. The van der Waals surface area contributed by atoms with Crippen LogP contribution in [0, 0.1) is 0 Å². The monoisotopic (exact) mass is 285 g/mol. The van der Waals surface area contributed by atoms with Crippen LogP contribution in [0.2, 0.25) is 0 Å². The summed E-state index contributed by atoms with van der Waals surface area (Å²) < 4.78 is 0. The minimum Gasteiger partial charge on any atom is -0.373 e. The Morgan fingerprint density at radius 1 is 1.24 bits per heavy atom. The summed E-state index contributed by atoms with van der Waals surface area (Å²) in [6, 6.07) is 3.81. The topological polar surface area (TPSA) is 87.7 Å². The van der Waals surface area contributed by atoms with Crippen LogP contribution in [0.1, 0.15) is 24.5 Å². The number of hydrogen-bond acceptors (Lipinski definition) is 7. The zero-order valence-electron chi connectivity index (χ0n) is 12.0. The highest BCUT2D eigenvalue weighted by atomic mass is 15.2. The maximum absolute atomic E-state index is 4.60. The van der Waals surface area contributed by atoms with Crippen molar-refractivity contribution >= 4 is 17.6 Å². The second kappa shape index (κ2) is 6.45. The molecule has 1 aliphatic rings. The van der Waals surface area contributed by atoms with E-state index in [4.69, 9.17) is 0 Å². The Hall–Kier alpha value is -2.28. The van der Waals surface area contributed by atoms with Crippen LogP contribution in [-0.2, 0) is 0 Å². The first-order valence-corrected chi connectivity index (χ1v) is 7.15. The molecule has 0 saturated carbocycles. The third-order valence-electron chi connectivity index (χ3n) is 3.56. The summed E-state index contributed by atoms with van der Waals surface area (Å²) in [6.07, 6.45) is 5.65. The predicted molar refractivity (Wildman–Crippen MR) is 81.7 cm³/mol. The van der Waals surface area contributed by atoms with E-state index in [2.05, 4.69) is 35.9 Å². The van der Waals surface area contributed by atoms with E-state index in [1.807, 2.05) is 19.2 Å². The molecule has 0 amide bonds. The van der Waals surface area contributed by atoms with E-state index >= 15 is 0 Å². The van der Waals surface area contributed by atoms with Crippen molar-refractivity contribution in [2.45, 2.75) is 18.8 Å². The highest BCUT2D eigenvalue weighted by Gasteiger charge is 2.16. The lowest BCUT2D eigenvalue weighted by Gasteiger charge is -2.22. The molecule has 2 aromatic rings. The molecule has 7 heteroatoms. The van der Waals surface area contributed by atoms with Crippen LogP contribution in [0.5, 0.6) is 0 Å². The molecule has 0 radical (unpaired) electrons. The molecule has 1 saturated heterocycles. The van der Waals surface area contributed by atoms with Crippen molar-refractivity contribution < 1.29 is 0 Å². The van der Waals surface area contributed by atoms with Gasteiger partial charge in [0.25, 0.3) is 0 Å². The van der Waals surface area contributed by atoms with Crippen molar-refractivity contribution in [2.24, 2.45) is 0 Å². The zero-order chi connectivity index (χ0) is 14.5. The van der Waals surface area contributed by atoms with Gasteiger partial charge in [-0.15, -0.1) is 0 Å². The molecule has 3 rings (SSSR count). The number of piperidine rings is 1. The van der Waals surface area contributed by atoms with Gasteiger partial charge in [-0.2, -0.15) is 0 Å². The lowest BCUT2D eigenvalue weighted by Crippen LogP contribution is -2.28. The number of nitrogens with one attached hydrogen (secondary N) is 3. The Kier molecular flexibility index (Phi) is 4.20. The summed E-state index contributed by atoms with van der Waals surface area (Å²) >= 11 is 0. The van der Waals surface area contributed by atoms with Gasteiger partial charge in [0, 0.05) is 31.8 Å². The van der Waals surface area contributed by atoms with Crippen molar-refractivity contribution in [3.8, 4) is 0 Å². The lowest BCUT2D eigenvalue weighted by molar-refractivity contribution is 0.454. The Bertz CT molecular complexity index is 595. The van der Waals surface area contributed by atoms with Crippen molar-refractivity contribution in [3.63, 3.8) is 0 Å². The average molecular weight is 285 g/mol. The van der Waals surface area contributed by atoms with Gasteiger partial charge in [0.15, 0.2) is 0 Å². The van der Waals surface area contributed by atoms with Crippen LogP contribution < -0.4 is 16.0 Å². The molecule has 0 spiro atoms. The number of hydrogen-bond donors (Lipinski definition) is 3. The number of anilines is 3. The van der Waals surface area contributed by atoms with Crippen LogP contribution >= 0.6 is 0 Å². The second-order valence-corrected chi connectivity index (χ2v) is 5.01. The van der Waals surface area contributed by atoms with Gasteiger partial charge in [-0.3, -0.25) is 0 Å². The van der Waals surface area contributed by atoms with Gasteiger partial charge in [-0.1, -0.05) is 0 Å². The maximum Gasteiger partial charge on any atom is 0.228 e. The highest BCUT2D eigenvalue weighted by Crippen LogP contribution is 2.22. The molecule has 1 aliphatic heterocycles. The van der Waals surface area contributed by atoms with Crippen LogP contribution in [-0.4, -0.2) is 40.1 Å². The van der Waals surface area contributed by atoms with E-state index in [0.29, 0.717) is 17.7 Å². The molecule has 2 aromatic heterocycles. The molecule has 0 aliphatic carbocycles. The fourth-order valence-electron chi connectivity index (χ4n) is 2.44. The van der Waals surface area contributed by atoms with E-state index in [9.17, 15) is 0 Å². The van der Waals surface area contributed by atoms with Crippen LogP contribution in [0.4, 0.5) is 17.6 Å². The van der Waals surface area contributed by atoms with Gasteiger partial charge in [0.05, 0.1) is 5.69 Å². The SMILES string of the molecule is CNc1cc(Nc2nccc([C@H]3CCCNC3)n2)ncn1. The van der Waals surface area contributed by atoms with Gasteiger partial charge in [0.2, 0.25) is 5.95 Å². The van der Waals surface area contributed by atoms with Crippen LogP contribution in [0.15, 0.2) is 24.7 Å². The number of aromatic nitrogens is 4. The van der Waals surface area contributed by atoms with Gasteiger partial charge in [-0.05, 0) is 25.5 Å². The van der Waals surface area contributed by atoms with Crippen molar-refractivity contribution in [1.29, 1.82) is 0 Å². The maximum atomic E-state index is 4.60. The fraction of sp³-hybridized carbons (Fsp3) is 0.429. The first-order chi connectivity index (χ1) is 10.3. The summed E-state index contributed by atoms with van der Waals surface area (Å²) in [7, 11) is 1.82. The summed E-state index contributed by atoms with van der Waals surface area (Å²) in [6.45, 7) is 2.08. The molecule has 0 aromatic carbocycles. The standard InChI is InChI=1S/C14H19N7/c1-15-12-7-13(19-9-18-12)21-14-17-6-4-11(20-14)10-3-2-5-16-8-10/h4,6-7,9-10,16H,2-3,5,8H2,1H3,(H2,15,17,18,19,20,21)/t10-/m0/s1. The fourth-order valence-corrected chi connectivity index (χ4v) is 2.44. The van der Waals surface area contributed by atoms with E-state index in [1.165, 1.54) is 19.2 Å². The van der Waals surface area contributed by atoms with Crippen molar-refractivity contribution in [3.05, 3.63) is 30.4 Å². The highest BCUT2D eigenvalue weighted by molar-refractivity contribution is 5.52. The molecule has 3 N–H and O–H groups in total. The van der Waals surface area contributed by atoms with Crippen molar-refractivity contribution in [2.75, 3.05) is 30.8 Å². The Morgan fingerprint density at radius 2 is 2.14 bits per heavy atom. The molecule has 1 atom stereocenters. The average Bonchev–Trinajstić information content (AvgIpc) is 2.56. The van der Waals surface area contributed by atoms with Crippen LogP contribution in [0.3, 0.4) is 0 Å². The summed E-state index contributed by atoms with van der Waals surface area (Å²) in [4.78, 5) is 17.1. The van der Waals surface area contributed by atoms with Crippen molar-refractivity contribution in [1.82, 2.24) is 25.3 Å². The minimum absolute atomic E-state index is 0.459. The molecular formula is C14H19N7. The number of nitrogens with zero attached hydrogens (tertiary/aromatic N) is 4. The Labute approximate surface area is 123 Å². The van der Waals surface area contributed by atoms with E-state index < -0.39 is 0 Å². The minimum atomic E-state index is 0.459. The largest absolute Gasteiger partial charge is 0.373 e. The van der Waals surface area contributed by atoms with Gasteiger partial charge < -0.3 is 16.0 Å². The summed E-state index contributed by atoms with van der Waals surface area (Å²) in [5.41, 5.74) is 1.07. The molecule has 21 heavy (non-hydrogen) atoms. The summed E-state index contributed by atoms with van der Waals surface area (Å²) in [5.74, 6) is 2.45. The Morgan fingerprint density at radius 3 is 2.95 bits per heavy atom. The third kappa shape index (κ3) is 3.43. The first kappa shape index (κ1) is 13.7. The van der Waals surface area contributed by atoms with E-state index in [1.54, 1.807) is 6.20 Å². The normalized spacial score (nSPS) is 18.2. The third-order valence-corrected chi connectivity index (χ3v) is 3.56. The van der Waals surface area contributed by atoms with Gasteiger partial charge in [-0.25, -0.2) is 19.9 Å². The molecule has 0 unspecified atom stereocenters. The molecule has 0 bridgehead atoms. The van der Waals surface area contributed by atoms with E-state index in [0.717, 1.165) is 24.6 Å². The Balaban J connectivity index is 1.76. The zero-order valence-corrected chi connectivity index (χ0v) is 12.0. The van der Waals surface area contributed by atoms with Gasteiger partial charge in [0.1, 0.15) is 18.0 Å². The molecule has 110 valence electrons. The smallest absolute Gasteiger partial charge is 0.228 e. The molecule has 7 nitrogen and oxygen atoms in total. The first-order valence-electron chi connectivity index (χ1n) is 7.15. The molecular weight excluding hydrogens is 266 g/mol.